The van der Waals surface area contributed by atoms with E-state index >= 15 is 0 Å². The molecule has 164 valence electrons. The van der Waals surface area contributed by atoms with Gasteiger partial charge >= 0.3 is 6.09 Å². The van der Waals surface area contributed by atoms with Crippen molar-refractivity contribution in [3.05, 3.63) is 0 Å². The highest BCUT2D eigenvalue weighted by Crippen LogP contribution is 2.27. The van der Waals surface area contributed by atoms with Gasteiger partial charge in [0.25, 0.3) is 0 Å². The molecule has 1 aliphatic carbocycles. The van der Waals surface area contributed by atoms with Crippen LogP contribution in [-0.2, 0) is 9.53 Å². The topological polar surface area (TPSA) is 99.7 Å². The highest BCUT2D eigenvalue weighted by molar-refractivity contribution is 5.81. The van der Waals surface area contributed by atoms with Gasteiger partial charge in [0, 0.05) is 38.5 Å². The molecule has 0 aromatic carbocycles. The van der Waals surface area contributed by atoms with Crippen molar-refractivity contribution in [3.63, 3.8) is 0 Å². The van der Waals surface area contributed by atoms with E-state index in [2.05, 4.69) is 0 Å². The number of piperidine rings is 2. The van der Waals surface area contributed by atoms with E-state index in [0.29, 0.717) is 31.2 Å². The van der Waals surface area contributed by atoms with Crippen LogP contribution < -0.4 is 5.73 Å². The normalized spacial score (nSPS) is 23.3. The molecular weight excluding hydrogens is 368 g/mol. The zero-order chi connectivity index (χ0) is 20.6. The lowest BCUT2D eigenvalue weighted by Gasteiger charge is -2.34. The molecule has 2 aliphatic heterocycles. The van der Waals surface area contributed by atoms with Crippen LogP contribution in [0.25, 0.3) is 0 Å². The standard InChI is InChI=1S/C22H38N4O3/c23-21(24)25-12-8-17(9-13-25)16-20(27)18-10-14-26(15-11-18)22(28)29-19-6-4-2-1-3-5-7-19/h17-19H,1-16H2,(H3,23,24). The Kier molecular flexibility index (Phi) is 8.19. The minimum Gasteiger partial charge on any atom is -0.446 e. The van der Waals surface area contributed by atoms with Gasteiger partial charge in [0.05, 0.1) is 0 Å². The van der Waals surface area contributed by atoms with Gasteiger partial charge in [-0.25, -0.2) is 4.79 Å². The Morgan fingerprint density at radius 3 is 1.97 bits per heavy atom. The Morgan fingerprint density at radius 2 is 1.38 bits per heavy atom. The van der Waals surface area contributed by atoms with E-state index in [1.807, 2.05) is 4.90 Å². The Morgan fingerprint density at radius 1 is 0.828 bits per heavy atom. The van der Waals surface area contributed by atoms with Crippen LogP contribution >= 0.6 is 0 Å². The predicted molar refractivity (Wildman–Crippen MR) is 113 cm³/mol. The van der Waals surface area contributed by atoms with E-state index in [-0.39, 0.29) is 24.1 Å². The fourth-order valence-corrected chi connectivity index (χ4v) is 4.97. The molecule has 3 rings (SSSR count). The Labute approximate surface area is 174 Å². The number of nitrogens with zero attached hydrogens (tertiary/aromatic N) is 2. The number of amides is 1. The lowest BCUT2D eigenvalue weighted by Crippen LogP contribution is -2.43. The van der Waals surface area contributed by atoms with Gasteiger partial charge in [0.1, 0.15) is 11.9 Å². The van der Waals surface area contributed by atoms with Crippen LogP contribution in [0.2, 0.25) is 0 Å². The van der Waals surface area contributed by atoms with Crippen LogP contribution in [-0.4, -0.2) is 59.9 Å². The number of hydrogen-bond acceptors (Lipinski definition) is 4. The maximum absolute atomic E-state index is 12.7. The molecule has 0 aromatic heterocycles. The number of carbonyl (C=O) groups is 2. The quantitative estimate of drug-likeness (QED) is 0.550. The van der Waals surface area contributed by atoms with E-state index in [1.54, 1.807) is 4.90 Å². The Balaban J connectivity index is 1.36. The number of rotatable bonds is 4. The van der Waals surface area contributed by atoms with Crippen molar-refractivity contribution in [2.75, 3.05) is 26.2 Å². The molecule has 1 saturated carbocycles. The number of carbonyl (C=O) groups excluding carboxylic acids is 2. The summed E-state index contributed by atoms with van der Waals surface area (Å²) in [5.41, 5.74) is 5.54. The number of ether oxygens (including phenoxy) is 1. The van der Waals surface area contributed by atoms with Gasteiger partial charge < -0.3 is 20.3 Å². The van der Waals surface area contributed by atoms with Crippen molar-refractivity contribution >= 4 is 17.8 Å². The molecule has 0 atom stereocenters. The van der Waals surface area contributed by atoms with Crippen molar-refractivity contribution in [1.82, 2.24) is 9.80 Å². The van der Waals surface area contributed by atoms with Crippen LogP contribution in [0.15, 0.2) is 0 Å². The monoisotopic (exact) mass is 406 g/mol. The highest BCUT2D eigenvalue weighted by Gasteiger charge is 2.31. The van der Waals surface area contributed by atoms with Crippen LogP contribution in [0.4, 0.5) is 4.79 Å². The minimum atomic E-state index is -0.182. The minimum absolute atomic E-state index is 0.0722. The zero-order valence-corrected chi connectivity index (χ0v) is 17.7. The summed E-state index contributed by atoms with van der Waals surface area (Å²) in [6.07, 6.45) is 12.0. The summed E-state index contributed by atoms with van der Waals surface area (Å²) in [4.78, 5) is 28.9. The lowest BCUT2D eigenvalue weighted by molar-refractivity contribution is -0.125. The second kappa shape index (κ2) is 10.8. The van der Waals surface area contributed by atoms with Crippen molar-refractivity contribution in [2.24, 2.45) is 17.6 Å². The third kappa shape index (κ3) is 6.61. The third-order valence-electron chi connectivity index (χ3n) is 6.97. The maximum atomic E-state index is 12.7. The number of ketones is 1. The van der Waals surface area contributed by atoms with E-state index < -0.39 is 0 Å². The van der Waals surface area contributed by atoms with Gasteiger partial charge in [0.15, 0.2) is 5.96 Å². The zero-order valence-electron chi connectivity index (χ0n) is 17.7. The van der Waals surface area contributed by atoms with Gasteiger partial charge in [-0.3, -0.25) is 10.2 Å². The number of hydrogen-bond donors (Lipinski definition) is 2. The van der Waals surface area contributed by atoms with Gasteiger partial charge in [-0.1, -0.05) is 19.3 Å². The third-order valence-corrected chi connectivity index (χ3v) is 6.97. The summed E-state index contributed by atoms with van der Waals surface area (Å²) in [5.74, 6) is 0.958. The fraction of sp³-hybridized carbons (Fsp3) is 0.864. The molecule has 0 radical (unpaired) electrons. The molecule has 2 heterocycles. The first-order chi connectivity index (χ1) is 14.0. The first-order valence-corrected chi connectivity index (χ1v) is 11.6. The average molecular weight is 407 g/mol. The molecule has 0 spiro atoms. The Hall–Kier alpha value is -1.79. The van der Waals surface area contributed by atoms with E-state index in [1.165, 1.54) is 19.3 Å². The van der Waals surface area contributed by atoms with Crippen LogP contribution in [0, 0.1) is 17.2 Å². The van der Waals surface area contributed by atoms with Crippen molar-refractivity contribution in [2.45, 2.75) is 83.2 Å². The number of Topliss-reactive ketones (excluding diaryl/α,β-unsaturated/α-hetero) is 1. The van der Waals surface area contributed by atoms with Crippen LogP contribution in [0.1, 0.15) is 77.0 Å². The van der Waals surface area contributed by atoms with Crippen LogP contribution in [0.5, 0.6) is 0 Å². The molecule has 0 unspecified atom stereocenters. The molecule has 0 bridgehead atoms. The molecule has 3 N–H and O–H groups in total. The Bertz CT molecular complexity index is 558. The second-order valence-electron chi connectivity index (χ2n) is 9.10. The molecule has 2 saturated heterocycles. The first-order valence-electron chi connectivity index (χ1n) is 11.6. The molecular formula is C22H38N4O3. The molecule has 7 nitrogen and oxygen atoms in total. The summed E-state index contributed by atoms with van der Waals surface area (Å²) >= 11 is 0. The van der Waals surface area contributed by atoms with Crippen LogP contribution in [0.3, 0.4) is 0 Å². The second-order valence-corrected chi connectivity index (χ2v) is 9.10. The van der Waals surface area contributed by atoms with Gasteiger partial charge in [-0.15, -0.1) is 0 Å². The molecule has 3 aliphatic rings. The van der Waals surface area contributed by atoms with E-state index in [0.717, 1.165) is 64.5 Å². The van der Waals surface area contributed by atoms with Crippen molar-refractivity contribution < 1.29 is 14.3 Å². The number of likely N-dealkylation sites (tertiary alicyclic amines) is 2. The van der Waals surface area contributed by atoms with Gasteiger partial charge in [-0.05, 0) is 57.3 Å². The summed E-state index contributed by atoms with van der Waals surface area (Å²) in [6.45, 7) is 2.81. The highest BCUT2D eigenvalue weighted by atomic mass is 16.6. The van der Waals surface area contributed by atoms with E-state index in [4.69, 9.17) is 15.9 Å². The lowest BCUT2D eigenvalue weighted by atomic mass is 9.84. The molecule has 7 heteroatoms. The van der Waals surface area contributed by atoms with Gasteiger partial charge in [-0.2, -0.15) is 0 Å². The summed E-state index contributed by atoms with van der Waals surface area (Å²) in [5, 5.41) is 7.51. The predicted octanol–water partition coefficient (Wildman–Crippen LogP) is 3.51. The molecule has 29 heavy (non-hydrogen) atoms. The summed E-state index contributed by atoms with van der Waals surface area (Å²) in [6, 6.07) is 0. The largest absolute Gasteiger partial charge is 0.446 e. The molecule has 3 fully saturated rings. The number of nitrogens with two attached hydrogens (primary N) is 1. The number of nitrogens with one attached hydrogen (secondary N) is 1. The maximum Gasteiger partial charge on any atom is 0.410 e. The van der Waals surface area contributed by atoms with E-state index in [9.17, 15) is 9.59 Å². The molecule has 1 amide bonds. The SMILES string of the molecule is N=C(N)N1CCC(CC(=O)C2CCN(C(=O)OC3CCCCCCC3)CC2)CC1. The summed E-state index contributed by atoms with van der Waals surface area (Å²) in [7, 11) is 0. The van der Waals surface area contributed by atoms with Gasteiger partial charge in [0.2, 0.25) is 0 Å². The van der Waals surface area contributed by atoms with Crippen molar-refractivity contribution in [1.29, 1.82) is 5.41 Å². The smallest absolute Gasteiger partial charge is 0.410 e. The van der Waals surface area contributed by atoms with Crippen molar-refractivity contribution in [3.8, 4) is 0 Å². The number of guanidine groups is 1. The summed E-state index contributed by atoms with van der Waals surface area (Å²) < 4.78 is 5.78. The fourth-order valence-electron chi connectivity index (χ4n) is 4.97. The molecule has 0 aromatic rings. The first kappa shape index (κ1) is 21.9. The average Bonchev–Trinajstić information content (AvgIpc) is 2.70.